The van der Waals surface area contributed by atoms with Crippen molar-refractivity contribution in [1.29, 1.82) is 0 Å². The fourth-order valence-electron chi connectivity index (χ4n) is 2.56. The lowest BCUT2D eigenvalue weighted by molar-refractivity contribution is -0.00991. The van der Waals surface area contributed by atoms with Crippen molar-refractivity contribution >= 4 is 10.9 Å². The summed E-state index contributed by atoms with van der Waals surface area (Å²) in [5.41, 5.74) is 1.93. The molecular formula is C15H17NO2. The number of aliphatic hydroxyl groups excluding tert-OH is 1. The molecule has 0 aliphatic carbocycles. The SMILES string of the molecule is OC(c1ccc2ncccc2c1)C1CCCOC1. The number of hydrogen-bond acceptors (Lipinski definition) is 3. The van der Waals surface area contributed by atoms with Gasteiger partial charge in [0.25, 0.3) is 0 Å². The Balaban J connectivity index is 1.88. The second-order valence-electron chi connectivity index (χ2n) is 4.88. The Hall–Kier alpha value is -1.45. The van der Waals surface area contributed by atoms with Gasteiger partial charge in [-0.3, -0.25) is 4.98 Å². The fourth-order valence-corrected chi connectivity index (χ4v) is 2.56. The van der Waals surface area contributed by atoms with Crippen LogP contribution in [0.25, 0.3) is 10.9 Å². The first kappa shape index (κ1) is 11.6. The molecule has 3 rings (SSSR count). The molecule has 1 fully saturated rings. The average molecular weight is 243 g/mol. The van der Waals surface area contributed by atoms with E-state index in [-0.39, 0.29) is 5.92 Å². The largest absolute Gasteiger partial charge is 0.388 e. The number of rotatable bonds is 2. The van der Waals surface area contributed by atoms with Gasteiger partial charge in [-0.15, -0.1) is 0 Å². The van der Waals surface area contributed by atoms with Crippen LogP contribution in [0.3, 0.4) is 0 Å². The van der Waals surface area contributed by atoms with E-state index in [9.17, 15) is 5.11 Å². The summed E-state index contributed by atoms with van der Waals surface area (Å²) in [7, 11) is 0. The minimum Gasteiger partial charge on any atom is -0.388 e. The van der Waals surface area contributed by atoms with Gasteiger partial charge in [0.2, 0.25) is 0 Å². The molecule has 1 aliphatic rings. The number of aliphatic hydroxyl groups is 1. The van der Waals surface area contributed by atoms with Crippen molar-refractivity contribution in [3.63, 3.8) is 0 Å². The highest BCUT2D eigenvalue weighted by Gasteiger charge is 2.23. The van der Waals surface area contributed by atoms with Gasteiger partial charge in [0.15, 0.2) is 0 Å². The zero-order chi connectivity index (χ0) is 12.4. The number of benzene rings is 1. The Kier molecular flexibility index (Phi) is 3.26. The van der Waals surface area contributed by atoms with Crippen molar-refractivity contribution in [3.05, 3.63) is 42.1 Å². The molecule has 1 saturated heterocycles. The third-order valence-corrected chi connectivity index (χ3v) is 3.61. The molecule has 1 aromatic heterocycles. The second kappa shape index (κ2) is 5.04. The molecule has 0 amide bonds. The van der Waals surface area contributed by atoms with Crippen molar-refractivity contribution in [3.8, 4) is 0 Å². The lowest BCUT2D eigenvalue weighted by atomic mass is 9.90. The van der Waals surface area contributed by atoms with Crippen molar-refractivity contribution in [1.82, 2.24) is 4.98 Å². The van der Waals surface area contributed by atoms with Crippen LogP contribution in [0.1, 0.15) is 24.5 Å². The molecule has 94 valence electrons. The van der Waals surface area contributed by atoms with Crippen LogP contribution in [-0.2, 0) is 4.74 Å². The van der Waals surface area contributed by atoms with Crippen LogP contribution in [0.4, 0.5) is 0 Å². The Labute approximate surface area is 106 Å². The molecule has 1 aromatic carbocycles. The Morgan fingerprint density at radius 2 is 2.28 bits per heavy atom. The molecule has 0 radical (unpaired) electrons. The molecule has 0 spiro atoms. The van der Waals surface area contributed by atoms with Crippen LogP contribution in [0, 0.1) is 5.92 Å². The van der Waals surface area contributed by atoms with Crippen LogP contribution in [0.5, 0.6) is 0 Å². The van der Waals surface area contributed by atoms with Gasteiger partial charge in [-0.1, -0.05) is 12.1 Å². The Bertz CT molecular complexity index is 535. The maximum absolute atomic E-state index is 10.4. The molecule has 2 heterocycles. The first-order valence-corrected chi connectivity index (χ1v) is 6.45. The number of pyridine rings is 1. The molecule has 2 unspecified atom stereocenters. The van der Waals surface area contributed by atoms with Gasteiger partial charge in [0.1, 0.15) is 0 Å². The van der Waals surface area contributed by atoms with E-state index >= 15 is 0 Å². The predicted molar refractivity (Wildman–Crippen MR) is 70.2 cm³/mol. The van der Waals surface area contributed by atoms with Crippen molar-refractivity contribution in [2.45, 2.75) is 18.9 Å². The lowest BCUT2D eigenvalue weighted by Crippen LogP contribution is -2.23. The van der Waals surface area contributed by atoms with Crippen molar-refractivity contribution < 1.29 is 9.84 Å². The normalized spacial score (nSPS) is 21.9. The van der Waals surface area contributed by atoms with Gasteiger partial charge in [-0.25, -0.2) is 0 Å². The molecule has 0 bridgehead atoms. The molecule has 0 saturated carbocycles. The number of hydrogen-bond donors (Lipinski definition) is 1. The first-order chi connectivity index (χ1) is 8.84. The zero-order valence-corrected chi connectivity index (χ0v) is 10.2. The molecule has 1 aliphatic heterocycles. The van der Waals surface area contributed by atoms with Crippen LogP contribution in [-0.4, -0.2) is 23.3 Å². The van der Waals surface area contributed by atoms with E-state index in [1.165, 1.54) is 0 Å². The van der Waals surface area contributed by atoms with Gasteiger partial charge >= 0.3 is 0 Å². The quantitative estimate of drug-likeness (QED) is 0.881. The molecule has 3 heteroatoms. The monoisotopic (exact) mass is 243 g/mol. The van der Waals surface area contributed by atoms with E-state index in [1.807, 2.05) is 30.3 Å². The number of aromatic nitrogens is 1. The minimum atomic E-state index is -0.435. The second-order valence-corrected chi connectivity index (χ2v) is 4.88. The predicted octanol–water partition coefficient (Wildman–Crippen LogP) is 2.69. The average Bonchev–Trinajstić information content (AvgIpc) is 2.47. The summed E-state index contributed by atoms with van der Waals surface area (Å²) >= 11 is 0. The minimum absolute atomic E-state index is 0.216. The summed E-state index contributed by atoms with van der Waals surface area (Å²) in [6, 6.07) is 9.91. The first-order valence-electron chi connectivity index (χ1n) is 6.45. The highest BCUT2D eigenvalue weighted by molar-refractivity contribution is 5.79. The maximum atomic E-state index is 10.4. The zero-order valence-electron chi connectivity index (χ0n) is 10.2. The van der Waals surface area contributed by atoms with Crippen LogP contribution >= 0.6 is 0 Å². The summed E-state index contributed by atoms with van der Waals surface area (Å²) in [5.74, 6) is 0.216. The van der Waals surface area contributed by atoms with Crippen molar-refractivity contribution in [2.24, 2.45) is 5.92 Å². The smallest absolute Gasteiger partial charge is 0.0840 e. The molecule has 3 nitrogen and oxygen atoms in total. The van der Waals surface area contributed by atoms with E-state index in [1.54, 1.807) is 6.20 Å². The van der Waals surface area contributed by atoms with E-state index in [2.05, 4.69) is 4.98 Å². The molecular weight excluding hydrogens is 226 g/mol. The molecule has 2 atom stereocenters. The third kappa shape index (κ3) is 2.24. The standard InChI is InChI=1S/C15H17NO2/c17-15(13-4-2-8-18-10-13)12-5-6-14-11(9-12)3-1-7-16-14/h1,3,5-7,9,13,15,17H,2,4,8,10H2. The van der Waals surface area contributed by atoms with Crippen LogP contribution in [0.2, 0.25) is 0 Å². The van der Waals surface area contributed by atoms with Gasteiger partial charge in [-0.2, -0.15) is 0 Å². The summed E-state index contributed by atoms with van der Waals surface area (Å²) < 4.78 is 5.44. The fraction of sp³-hybridized carbons (Fsp3) is 0.400. The lowest BCUT2D eigenvalue weighted by Gasteiger charge is -2.27. The van der Waals surface area contributed by atoms with E-state index in [4.69, 9.17) is 4.74 Å². The highest BCUT2D eigenvalue weighted by Crippen LogP contribution is 2.30. The summed E-state index contributed by atoms with van der Waals surface area (Å²) in [6.45, 7) is 1.48. The van der Waals surface area contributed by atoms with Crippen molar-refractivity contribution in [2.75, 3.05) is 13.2 Å². The highest BCUT2D eigenvalue weighted by atomic mass is 16.5. The topological polar surface area (TPSA) is 42.4 Å². The number of ether oxygens (including phenoxy) is 1. The van der Waals surface area contributed by atoms with Gasteiger partial charge < -0.3 is 9.84 Å². The number of nitrogens with zero attached hydrogens (tertiary/aromatic N) is 1. The van der Waals surface area contributed by atoms with Gasteiger partial charge in [-0.05, 0) is 36.6 Å². The van der Waals surface area contributed by atoms with Gasteiger partial charge in [0.05, 0.1) is 18.2 Å². The summed E-state index contributed by atoms with van der Waals surface area (Å²) in [4.78, 5) is 4.29. The Morgan fingerprint density at radius 1 is 1.33 bits per heavy atom. The summed E-state index contributed by atoms with van der Waals surface area (Å²) in [6.07, 6.45) is 3.42. The van der Waals surface area contributed by atoms with E-state index in [0.717, 1.165) is 35.9 Å². The third-order valence-electron chi connectivity index (χ3n) is 3.61. The van der Waals surface area contributed by atoms with E-state index < -0.39 is 6.10 Å². The maximum Gasteiger partial charge on any atom is 0.0840 e. The van der Waals surface area contributed by atoms with Crippen LogP contribution < -0.4 is 0 Å². The summed E-state index contributed by atoms with van der Waals surface area (Å²) in [5, 5.41) is 11.5. The number of fused-ring (bicyclic) bond motifs is 1. The van der Waals surface area contributed by atoms with Crippen LogP contribution in [0.15, 0.2) is 36.5 Å². The molecule has 18 heavy (non-hydrogen) atoms. The molecule has 1 N–H and O–H groups in total. The van der Waals surface area contributed by atoms with E-state index in [0.29, 0.717) is 6.61 Å². The Morgan fingerprint density at radius 3 is 3.11 bits per heavy atom. The van der Waals surface area contributed by atoms with Gasteiger partial charge in [0, 0.05) is 24.1 Å². The molecule has 2 aromatic rings.